The highest BCUT2D eigenvalue weighted by molar-refractivity contribution is 6.30. The molecule has 1 aromatic rings. The van der Waals surface area contributed by atoms with E-state index in [2.05, 4.69) is 11.8 Å². The van der Waals surface area contributed by atoms with Gasteiger partial charge in [-0.25, -0.2) is 0 Å². The lowest BCUT2D eigenvalue weighted by atomic mass is 9.89. The van der Waals surface area contributed by atoms with Crippen LogP contribution in [-0.4, -0.2) is 54.2 Å². The van der Waals surface area contributed by atoms with Crippen molar-refractivity contribution in [1.82, 2.24) is 9.80 Å². The molecule has 2 aliphatic rings. The van der Waals surface area contributed by atoms with Crippen LogP contribution in [0.1, 0.15) is 43.0 Å². The van der Waals surface area contributed by atoms with E-state index in [-0.39, 0.29) is 17.6 Å². The van der Waals surface area contributed by atoms with Gasteiger partial charge in [-0.3, -0.25) is 14.5 Å². The number of carbonyl (C=O) groups excluding carboxylic acids is 2. The number of carbonyl (C=O) groups is 2. The van der Waals surface area contributed by atoms with E-state index in [1.54, 1.807) is 24.3 Å². The molecule has 2 fully saturated rings. The van der Waals surface area contributed by atoms with Crippen molar-refractivity contribution in [3.05, 3.63) is 34.9 Å². The van der Waals surface area contributed by atoms with Crippen molar-refractivity contribution in [1.29, 1.82) is 0 Å². The summed E-state index contributed by atoms with van der Waals surface area (Å²) in [5.74, 6) is 1.12. The van der Waals surface area contributed by atoms with Crippen LogP contribution in [0.2, 0.25) is 5.02 Å². The summed E-state index contributed by atoms with van der Waals surface area (Å²) in [4.78, 5) is 29.3. The Hall–Kier alpha value is -1.39. The minimum atomic E-state index is 0.0579. The van der Waals surface area contributed by atoms with E-state index in [0.29, 0.717) is 17.5 Å². The number of halogens is 1. The topological polar surface area (TPSA) is 40.6 Å². The van der Waals surface area contributed by atoms with Crippen LogP contribution < -0.4 is 0 Å². The average molecular weight is 363 g/mol. The Kier molecular flexibility index (Phi) is 6.13. The number of likely N-dealkylation sites (tertiary alicyclic amines) is 2. The van der Waals surface area contributed by atoms with E-state index < -0.39 is 0 Å². The van der Waals surface area contributed by atoms with Crippen LogP contribution in [0.4, 0.5) is 0 Å². The predicted molar refractivity (Wildman–Crippen MR) is 99.9 cm³/mol. The second-order valence-corrected chi connectivity index (χ2v) is 7.95. The highest BCUT2D eigenvalue weighted by Gasteiger charge is 2.28. The van der Waals surface area contributed by atoms with Gasteiger partial charge in [0.05, 0.1) is 6.54 Å². The number of benzene rings is 1. The molecule has 0 N–H and O–H groups in total. The zero-order chi connectivity index (χ0) is 17.8. The summed E-state index contributed by atoms with van der Waals surface area (Å²) in [5, 5.41) is 0.650. The van der Waals surface area contributed by atoms with Crippen molar-refractivity contribution in [2.75, 3.05) is 32.7 Å². The lowest BCUT2D eigenvalue weighted by Crippen LogP contribution is -2.47. The third-order valence-corrected chi connectivity index (χ3v) is 5.71. The van der Waals surface area contributed by atoms with Crippen molar-refractivity contribution in [3.63, 3.8) is 0 Å². The standard InChI is InChI=1S/C20H27ClN2O2/c1-15-3-2-10-23(13-15)19(24)14-22-11-8-17(9-12-22)20(25)16-4-6-18(21)7-5-16/h4-7,15,17H,2-3,8-14H2,1H3. The largest absolute Gasteiger partial charge is 0.341 e. The normalized spacial score (nSPS) is 22.8. The molecular formula is C20H27ClN2O2. The summed E-state index contributed by atoms with van der Waals surface area (Å²) in [6.07, 6.45) is 3.99. The third kappa shape index (κ3) is 4.83. The van der Waals surface area contributed by atoms with Gasteiger partial charge in [-0.2, -0.15) is 0 Å². The fraction of sp³-hybridized carbons (Fsp3) is 0.600. The van der Waals surface area contributed by atoms with E-state index in [4.69, 9.17) is 11.6 Å². The monoisotopic (exact) mass is 362 g/mol. The van der Waals surface area contributed by atoms with Crippen molar-refractivity contribution < 1.29 is 9.59 Å². The summed E-state index contributed by atoms with van der Waals surface area (Å²) < 4.78 is 0. The van der Waals surface area contributed by atoms with Crippen LogP contribution in [0, 0.1) is 11.8 Å². The maximum Gasteiger partial charge on any atom is 0.236 e. The molecule has 5 heteroatoms. The van der Waals surface area contributed by atoms with E-state index in [1.165, 1.54) is 6.42 Å². The molecule has 1 amide bonds. The Labute approximate surface area is 155 Å². The molecule has 0 saturated carbocycles. The predicted octanol–water partition coefficient (Wildman–Crippen LogP) is 3.49. The molecule has 136 valence electrons. The van der Waals surface area contributed by atoms with Crippen LogP contribution in [-0.2, 0) is 4.79 Å². The van der Waals surface area contributed by atoms with Gasteiger partial charge in [-0.1, -0.05) is 18.5 Å². The number of amides is 1. The van der Waals surface area contributed by atoms with E-state index in [9.17, 15) is 9.59 Å². The van der Waals surface area contributed by atoms with E-state index >= 15 is 0 Å². The number of Topliss-reactive ketones (excluding diaryl/α,β-unsaturated/α-hetero) is 1. The highest BCUT2D eigenvalue weighted by atomic mass is 35.5. The number of nitrogens with zero attached hydrogens (tertiary/aromatic N) is 2. The van der Waals surface area contributed by atoms with Crippen LogP contribution in [0.3, 0.4) is 0 Å². The van der Waals surface area contributed by atoms with Gasteiger partial charge in [-0.15, -0.1) is 0 Å². The number of hydrogen-bond acceptors (Lipinski definition) is 3. The zero-order valence-electron chi connectivity index (χ0n) is 14.9. The van der Waals surface area contributed by atoms with Gasteiger partial charge in [-0.05, 0) is 69.0 Å². The Morgan fingerprint density at radius 1 is 1.08 bits per heavy atom. The molecule has 2 aliphatic heterocycles. The quantitative estimate of drug-likeness (QED) is 0.770. The van der Waals surface area contributed by atoms with Crippen molar-refractivity contribution in [2.24, 2.45) is 11.8 Å². The smallest absolute Gasteiger partial charge is 0.236 e. The summed E-state index contributed by atoms with van der Waals surface area (Å²) in [6.45, 7) is 6.14. The van der Waals surface area contributed by atoms with Gasteiger partial charge in [0.25, 0.3) is 0 Å². The maximum atomic E-state index is 12.6. The van der Waals surface area contributed by atoms with Gasteiger partial charge in [0.15, 0.2) is 5.78 Å². The summed E-state index contributed by atoms with van der Waals surface area (Å²) >= 11 is 5.89. The maximum absolute atomic E-state index is 12.6. The molecule has 1 unspecified atom stereocenters. The van der Waals surface area contributed by atoms with Crippen LogP contribution in [0.5, 0.6) is 0 Å². The van der Waals surface area contributed by atoms with Crippen LogP contribution in [0.15, 0.2) is 24.3 Å². The first-order valence-corrected chi connectivity index (χ1v) is 9.70. The van der Waals surface area contributed by atoms with Gasteiger partial charge in [0, 0.05) is 29.6 Å². The minimum absolute atomic E-state index is 0.0579. The number of rotatable bonds is 4. The Bertz CT molecular complexity index is 609. The molecule has 0 radical (unpaired) electrons. The first kappa shape index (κ1) is 18.4. The second-order valence-electron chi connectivity index (χ2n) is 7.51. The van der Waals surface area contributed by atoms with Gasteiger partial charge >= 0.3 is 0 Å². The lowest BCUT2D eigenvalue weighted by Gasteiger charge is -2.35. The second kappa shape index (κ2) is 8.33. The molecule has 3 rings (SSSR count). The van der Waals surface area contributed by atoms with Crippen molar-refractivity contribution in [2.45, 2.75) is 32.6 Å². The fourth-order valence-corrected chi connectivity index (χ4v) is 4.04. The average Bonchev–Trinajstić information content (AvgIpc) is 2.62. The van der Waals surface area contributed by atoms with Crippen molar-refractivity contribution >= 4 is 23.3 Å². The zero-order valence-corrected chi connectivity index (χ0v) is 15.7. The molecular weight excluding hydrogens is 336 g/mol. The third-order valence-electron chi connectivity index (χ3n) is 5.46. The molecule has 1 aromatic carbocycles. The van der Waals surface area contributed by atoms with E-state index in [0.717, 1.165) is 51.0 Å². The molecule has 0 aromatic heterocycles. The Morgan fingerprint density at radius 2 is 1.76 bits per heavy atom. The van der Waals surface area contributed by atoms with E-state index in [1.807, 2.05) is 4.90 Å². The number of piperidine rings is 2. The first-order chi connectivity index (χ1) is 12.0. The Morgan fingerprint density at radius 3 is 2.40 bits per heavy atom. The first-order valence-electron chi connectivity index (χ1n) is 9.33. The Balaban J connectivity index is 1.47. The fourth-order valence-electron chi connectivity index (χ4n) is 3.91. The summed E-state index contributed by atoms with van der Waals surface area (Å²) in [6, 6.07) is 7.14. The summed E-state index contributed by atoms with van der Waals surface area (Å²) in [7, 11) is 0. The van der Waals surface area contributed by atoms with Gasteiger partial charge in [0.2, 0.25) is 5.91 Å². The molecule has 1 atom stereocenters. The lowest BCUT2D eigenvalue weighted by molar-refractivity contribution is -0.134. The molecule has 2 saturated heterocycles. The van der Waals surface area contributed by atoms with Gasteiger partial charge in [0.1, 0.15) is 0 Å². The minimum Gasteiger partial charge on any atom is -0.341 e. The van der Waals surface area contributed by atoms with Crippen LogP contribution in [0.25, 0.3) is 0 Å². The molecule has 2 heterocycles. The molecule has 0 spiro atoms. The summed E-state index contributed by atoms with van der Waals surface area (Å²) in [5.41, 5.74) is 0.737. The van der Waals surface area contributed by atoms with Crippen LogP contribution >= 0.6 is 11.6 Å². The number of ketones is 1. The molecule has 0 bridgehead atoms. The SMILES string of the molecule is CC1CCCN(C(=O)CN2CCC(C(=O)c3ccc(Cl)cc3)CC2)C1. The van der Waals surface area contributed by atoms with Crippen molar-refractivity contribution in [3.8, 4) is 0 Å². The molecule has 25 heavy (non-hydrogen) atoms. The van der Waals surface area contributed by atoms with Gasteiger partial charge < -0.3 is 4.90 Å². The highest BCUT2D eigenvalue weighted by Crippen LogP contribution is 2.23. The number of hydrogen-bond donors (Lipinski definition) is 0. The molecule has 4 nitrogen and oxygen atoms in total. The molecule has 0 aliphatic carbocycles.